The topological polar surface area (TPSA) is 65.5 Å². The maximum Gasteiger partial charge on any atom is 0.338 e. The molecule has 1 aromatic heterocycles. The van der Waals surface area contributed by atoms with E-state index in [0.717, 1.165) is 31.2 Å². The number of hydrogen-bond donors (Lipinski definition) is 0. The first-order valence-corrected chi connectivity index (χ1v) is 10.8. The lowest BCUT2D eigenvalue weighted by molar-refractivity contribution is 0.00694. The van der Waals surface area contributed by atoms with Gasteiger partial charge in [-0.2, -0.15) is 0 Å². The maximum atomic E-state index is 12.9. The van der Waals surface area contributed by atoms with E-state index in [1.165, 1.54) is 12.6 Å². The van der Waals surface area contributed by atoms with Crippen molar-refractivity contribution in [2.24, 2.45) is 0 Å². The number of esters is 1. The average molecular weight is 430 g/mol. The molecule has 5 nitrogen and oxygen atoms in total. The molecule has 3 rings (SSSR count). The first kappa shape index (κ1) is 22.3. The zero-order valence-corrected chi connectivity index (χ0v) is 18.5. The van der Waals surface area contributed by atoms with Crippen molar-refractivity contribution < 1.29 is 19.1 Å². The Morgan fingerprint density at radius 1 is 1.10 bits per heavy atom. The van der Waals surface area contributed by atoms with Gasteiger partial charge in [0, 0.05) is 18.7 Å². The highest BCUT2D eigenvalue weighted by molar-refractivity contribution is 6.30. The van der Waals surface area contributed by atoms with Crippen LogP contribution in [-0.2, 0) is 11.2 Å². The van der Waals surface area contributed by atoms with Gasteiger partial charge < -0.3 is 9.47 Å². The summed E-state index contributed by atoms with van der Waals surface area (Å²) in [5.74, 6) is -0.0878. The molecule has 1 aliphatic rings. The summed E-state index contributed by atoms with van der Waals surface area (Å²) in [4.78, 5) is 29.3. The Bertz CT molecular complexity index is 896. The largest absolute Gasteiger partial charge is 0.488 e. The summed E-state index contributed by atoms with van der Waals surface area (Å²) in [7, 11) is 0. The predicted octanol–water partition coefficient (Wildman–Crippen LogP) is 5.83. The smallest absolute Gasteiger partial charge is 0.338 e. The van der Waals surface area contributed by atoms with Crippen molar-refractivity contribution in [3.05, 3.63) is 58.4 Å². The Hall–Kier alpha value is -2.40. The Balaban J connectivity index is 1.70. The first-order valence-electron chi connectivity index (χ1n) is 10.4. The lowest BCUT2D eigenvalue weighted by Gasteiger charge is -2.23. The number of ketones is 1. The molecule has 0 N–H and O–H groups in total. The van der Waals surface area contributed by atoms with Crippen LogP contribution in [0, 0.1) is 0 Å². The molecule has 160 valence electrons. The number of halogens is 1. The van der Waals surface area contributed by atoms with Crippen molar-refractivity contribution in [3.63, 3.8) is 0 Å². The molecule has 1 fully saturated rings. The van der Waals surface area contributed by atoms with Crippen LogP contribution >= 0.6 is 11.6 Å². The quantitative estimate of drug-likeness (QED) is 0.427. The number of nitrogens with zero attached hydrogens (tertiary/aromatic N) is 1. The summed E-state index contributed by atoms with van der Waals surface area (Å²) in [6, 6.07) is 8.53. The average Bonchev–Trinajstić information content (AvgIpc) is 2.68. The molecule has 0 saturated heterocycles. The van der Waals surface area contributed by atoms with Gasteiger partial charge in [0.05, 0.1) is 16.7 Å². The third kappa shape index (κ3) is 6.30. The molecule has 0 unspecified atom stereocenters. The van der Waals surface area contributed by atoms with E-state index in [9.17, 15) is 9.59 Å². The second-order valence-electron chi connectivity index (χ2n) is 8.68. The number of ether oxygens (including phenoxy) is 2. The van der Waals surface area contributed by atoms with E-state index in [4.69, 9.17) is 21.1 Å². The minimum atomic E-state index is -0.555. The van der Waals surface area contributed by atoms with Crippen molar-refractivity contribution in [2.45, 2.75) is 71.0 Å². The molecule has 0 bridgehead atoms. The summed E-state index contributed by atoms with van der Waals surface area (Å²) in [6.45, 7) is 5.47. The van der Waals surface area contributed by atoms with E-state index in [0.29, 0.717) is 22.0 Å². The van der Waals surface area contributed by atoms with Gasteiger partial charge in [-0.3, -0.25) is 4.79 Å². The van der Waals surface area contributed by atoms with Gasteiger partial charge in [-0.1, -0.05) is 30.2 Å². The third-order valence-corrected chi connectivity index (χ3v) is 5.09. The van der Waals surface area contributed by atoms with Gasteiger partial charge in [-0.05, 0) is 64.2 Å². The van der Waals surface area contributed by atoms with E-state index in [2.05, 4.69) is 4.98 Å². The highest BCUT2D eigenvalue weighted by Crippen LogP contribution is 2.28. The van der Waals surface area contributed by atoms with Crippen molar-refractivity contribution >= 4 is 23.4 Å². The van der Waals surface area contributed by atoms with E-state index in [1.807, 2.05) is 20.8 Å². The van der Waals surface area contributed by atoms with E-state index < -0.39 is 5.60 Å². The molecule has 0 amide bonds. The number of carbonyl (C=O) groups is 2. The van der Waals surface area contributed by atoms with Gasteiger partial charge in [0.25, 0.3) is 0 Å². The molecular weight excluding hydrogens is 402 g/mol. The highest BCUT2D eigenvalue weighted by atomic mass is 35.5. The van der Waals surface area contributed by atoms with Crippen LogP contribution in [0.2, 0.25) is 5.02 Å². The summed E-state index contributed by atoms with van der Waals surface area (Å²) < 4.78 is 11.5. The lowest BCUT2D eigenvalue weighted by Crippen LogP contribution is -2.23. The Morgan fingerprint density at radius 2 is 1.77 bits per heavy atom. The Morgan fingerprint density at radius 3 is 2.40 bits per heavy atom. The minimum Gasteiger partial charge on any atom is -0.488 e. The number of carbonyl (C=O) groups excluding carboxylic acids is 2. The molecule has 1 aliphatic carbocycles. The van der Waals surface area contributed by atoms with Gasteiger partial charge >= 0.3 is 5.97 Å². The number of benzene rings is 1. The molecule has 2 aromatic rings. The van der Waals surface area contributed by atoms with Gasteiger partial charge in [-0.25, -0.2) is 9.78 Å². The fourth-order valence-electron chi connectivity index (χ4n) is 3.45. The van der Waals surface area contributed by atoms with E-state index in [1.54, 1.807) is 30.3 Å². The fraction of sp³-hybridized carbons (Fsp3) is 0.458. The molecule has 1 aromatic carbocycles. The van der Waals surface area contributed by atoms with Crippen LogP contribution in [0.15, 0.2) is 36.5 Å². The van der Waals surface area contributed by atoms with E-state index >= 15 is 0 Å². The Labute approximate surface area is 182 Å². The number of hydrogen-bond acceptors (Lipinski definition) is 5. The highest BCUT2D eigenvalue weighted by Gasteiger charge is 2.22. The van der Waals surface area contributed by atoms with Crippen LogP contribution in [0.1, 0.15) is 79.3 Å². The number of pyridine rings is 1. The molecule has 1 saturated carbocycles. The van der Waals surface area contributed by atoms with Crippen LogP contribution in [0.25, 0.3) is 0 Å². The van der Waals surface area contributed by atoms with E-state index in [-0.39, 0.29) is 24.3 Å². The van der Waals surface area contributed by atoms with Gasteiger partial charge in [0.2, 0.25) is 0 Å². The number of aromatic nitrogens is 1. The summed E-state index contributed by atoms with van der Waals surface area (Å²) in [5.41, 5.74) is 0.974. The number of Topliss-reactive ketones (excluding diaryl/α,β-unsaturated/α-hetero) is 1. The summed E-state index contributed by atoms with van der Waals surface area (Å²) in [5, 5.41) is 0.444. The molecule has 0 spiro atoms. The summed E-state index contributed by atoms with van der Waals surface area (Å²) >= 11 is 6.09. The zero-order valence-electron chi connectivity index (χ0n) is 17.7. The molecule has 1 heterocycles. The molecule has 0 radical (unpaired) electrons. The third-order valence-electron chi connectivity index (χ3n) is 4.88. The van der Waals surface area contributed by atoms with Crippen LogP contribution in [-0.4, -0.2) is 28.4 Å². The molecule has 6 heteroatoms. The second-order valence-corrected chi connectivity index (χ2v) is 9.11. The van der Waals surface area contributed by atoms with Crippen LogP contribution < -0.4 is 4.74 Å². The summed E-state index contributed by atoms with van der Waals surface area (Å²) in [6.07, 6.45) is 7.16. The lowest BCUT2D eigenvalue weighted by atomic mass is 9.97. The molecule has 0 aliphatic heterocycles. The van der Waals surface area contributed by atoms with Crippen molar-refractivity contribution in [2.75, 3.05) is 0 Å². The van der Waals surface area contributed by atoms with Crippen molar-refractivity contribution in [3.8, 4) is 5.75 Å². The molecule has 0 atom stereocenters. The van der Waals surface area contributed by atoms with Gasteiger partial charge in [0.15, 0.2) is 11.5 Å². The van der Waals surface area contributed by atoms with Gasteiger partial charge in [-0.15, -0.1) is 0 Å². The Kier molecular flexibility index (Phi) is 7.14. The molecular formula is C24H28ClNO4. The SMILES string of the molecule is CC(C)(C)OC(=O)c1ccc(CC(=O)c2ncc(Cl)cc2OC2CCCCC2)cc1. The normalized spacial score (nSPS) is 14.9. The van der Waals surface area contributed by atoms with Crippen LogP contribution in [0.3, 0.4) is 0 Å². The monoisotopic (exact) mass is 429 g/mol. The predicted molar refractivity (Wildman–Crippen MR) is 116 cm³/mol. The fourth-order valence-corrected chi connectivity index (χ4v) is 3.60. The maximum absolute atomic E-state index is 12.9. The second kappa shape index (κ2) is 9.61. The van der Waals surface area contributed by atoms with Crippen molar-refractivity contribution in [1.29, 1.82) is 0 Å². The number of rotatable bonds is 6. The van der Waals surface area contributed by atoms with Gasteiger partial charge in [0.1, 0.15) is 11.3 Å². The van der Waals surface area contributed by atoms with Crippen LogP contribution in [0.5, 0.6) is 5.75 Å². The molecule has 30 heavy (non-hydrogen) atoms. The minimum absolute atomic E-state index is 0.0960. The first-order chi connectivity index (χ1) is 14.2. The zero-order chi connectivity index (χ0) is 21.7. The van der Waals surface area contributed by atoms with Crippen LogP contribution in [0.4, 0.5) is 0 Å². The van der Waals surface area contributed by atoms with Crippen molar-refractivity contribution in [1.82, 2.24) is 4.98 Å². The standard InChI is InChI=1S/C24H28ClNO4/c1-24(2,3)30-23(28)17-11-9-16(10-12-17)13-20(27)22-21(14-18(25)15-26-22)29-19-7-5-4-6-8-19/h9-12,14-15,19H,4-8,13H2,1-3H3.